The van der Waals surface area contributed by atoms with Gasteiger partial charge in [-0.25, -0.2) is 14.8 Å². The molecule has 2 aromatic carbocycles. The molecular formula is C26H30Cl2N4O4. The first kappa shape index (κ1) is 26.1. The highest BCUT2D eigenvalue weighted by Gasteiger charge is 2.35. The highest BCUT2D eigenvalue weighted by atomic mass is 35.5. The number of carbonyl (C=O) groups excluding carboxylic acids is 1. The number of amides is 1. The zero-order valence-corrected chi connectivity index (χ0v) is 22.7. The molecule has 0 bridgehead atoms. The number of methoxy groups -OCH3 is 2. The molecule has 2 heterocycles. The number of fused-ring (bicyclic) bond motifs is 1. The van der Waals surface area contributed by atoms with Crippen molar-refractivity contribution in [1.82, 2.24) is 14.9 Å². The molecule has 1 unspecified atom stereocenters. The van der Waals surface area contributed by atoms with Crippen LogP contribution in [0.3, 0.4) is 0 Å². The Bertz CT molecular complexity index is 1270. The molecule has 1 saturated heterocycles. The minimum atomic E-state index is -0.531. The Kier molecular flexibility index (Phi) is 7.38. The lowest BCUT2D eigenvalue weighted by atomic mass is 10.0. The van der Waals surface area contributed by atoms with Crippen molar-refractivity contribution in [2.24, 2.45) is 5.92 Å². The molecule has 0 spiro atoms. The van der Waals surface area contributed by atoms with Gasteiger partial charge in [-0.1, -0.05) is 36.2 Å². The normalized spacial score (nSPS) is 17.8. The van der Waals surface area contributed by atoms with Crippen LogP contribution in [0, 0.1) is 5.92 Å². The molecule has 1 aliphatic rings. The van der Waals surface area contributed by atoms with E-state index in [4.69, 9.17) is 37.4 Å². The van der Waals surface area contributed by atoms with Gasteiger partial charge in [0.25, 0.3) is 0 Å². The third kappa shape index (κ3) is 5.39. The van der Waals surface area contributed by atoms with E-state index in [1.807, 2.05) is 39.0 Å². The van der Waals surface area contributed by atoms with Crippen molar-refractivity contribution in [1.29, 1.82) is 0 Å². The first-order chi connectivity index (χ1) is 17.0. The van der Waals surface area contributed by atoms with E-state index in [1.165, 1.54) is 0 Å². The lowest BCUT2D eigenvalue weighted by Crippen LogP contribution is -2.36. The standard InChI is InChI=1S/C26H30Cl2N4O4/c1-14-12-32(25(33)36-26(2,3)4)13-18(14)31-24-29-11-16-9-15(7-8-17(16)30-24)21-22(27)19(34-5)10-20(35-6)23(21)28/h7-11,14,18H,12-13H2,1-6H3,(H,29,30,31)/t14-,18?/m0/s1. The van der Waals surface area contributed by atoms with Crippen molar-refractivity contribution < 1.29 is 19.0 Å². The molecule has 1 amide bonds. The van der Waals surface area contributed by atoms with E-state index >= 15 is 0 Å². The maximum absolute atomic E-state index is 12.5. The number of nitrogens with one attached hydrogen (secondary N) is 1. The molecule has 4 rings (SSSR count). The number of carbonyl (C=O) groups is 1. The van der Waals surface area contributed by atoms with Crippen LogP contribution in [0.1, 0.15) is 27.7 Å². The molecule has 2 atom stereocenters. The highest BCUT2D eigenvalue weighted by molar-refractivity contribution is 6.41. The topological polar surface area (TPSA) is 85.8 Å². The number of hydrogen-bond acceptors (Lipinski definition) is 7. The predicted molar refractivity (Wildman–Crippen MR) is 142 cm³/mol. The van der Waals surface area contributed by atoms with Crippen LogP contribution in [-0.4, -0.2) is 59.9 Å². The van der Waals surface area contributed by atoms with E-state index in [0.717, 1.165) is 16.5 Å². The Hall–Kier alpha value is -2.97. The van der Waals surface area contributed by atoms with E-state index < -0.39 is 5.60 Å². The average molecular weight is 533 g/mol. The third-order valence-electron chi connectivity index (χ3n) is 6.02. The van der Waals surface area contributed by atoms with Crippen molar-refractivity contribution in [2.45, 2.75) is 39.3 Å². The van der Waals surface area contributed by atoms with E-state index in [1.54, 1.807) is 31.4 Å². The van der Waals surface area contributed by atoms with Crippen molar-refractivity contribution in [3.05, 3.63) is 40.5 Å². The van der Waals surface area contributed by atoms with Crippen LogP contribution in [0.25, 0.3) is 22.0 Å². The summed E-state index contributed by atoms with van der Waals surface area (Å²) in [7, 11) is 3.08. The molecule has 1 N–H and O–H groups in total. The van der Waals surface area contributed by atoms with Crippen molar-refractivity contribution >= 4 is 46.1 Å². The summed E-state index contributed by atoms with van der Waals surface area (Å²) in [6.45, 7) is 8.80. The fraction of sp³-hybridized carbons (Fsp3) is 0.423. The van der Waals surface area contributed by atoms with Gasteiger partial charge in [0.15, 0.2) is 0 Å². The van der Waals surface area contributed by atoms with Crippen LogP contribution in [0.4, 0.5) is 10.7 Å². The SMILES string of the molecule is COc1cc(OC)c(Cl)c(-c2ccc3nc(NC4CN(C(=O)OC(C)(C)C)C[C@@H]4C)ncc3c2)c1Cl. The summed E-state index contributed by atoms with van der Waals surface area (Å²) in [5.74, 6) is 1.65. The summed E-state index contributed by atoms with van der Waals surface area (Å²) in [6.07, 6.45) is 1.44. The zero-order valence-electron chi connectivity index (χ0n) is 21.2. The van der Waals surface area contributed by atoms with Crippen LogP contribution in [0.2, 0.25) is 10.0 Å². The number of benzene rings is 2. The number of rotatable bonds is 5. The van der Waals surface area contributed by atoms with Crippen LogP contribution in [0.5, 0.6) is 11.5 Å². The van der Waals surface area contributed by atoms with Gasteiger partial charge in [0.05, 0.1) is 35.8 Å². The molecule has 0 aliphatic carbocycles. The Morgan fingerprint density at radius 3 is 2.36 bits per heavy atom. The molecule has 0 saturated carbocycles. The number of hydrogen-bond donors (Lipinski definition) is 1. The largest absolute Gasteiger partial charge is 0.495 e. The number of aromatic nitrogens is 2. The van der Waals surface area contributed by atoms with Gasteiger partial charge in [0, 0.05) is 36.3 Å². The number of anilines is 1. The van der Waals surface area contributed by atoms with Gasteiger partial charge in [-0.05, 0) is 44.4 Å². The zero-order chi connectivity index (χ0) is 26.2. The molecule has 1 aromatic heterocycles. The van der Waals surface area contributed by atoms with Gasteiger partial charge in [-0.15, -0.1) is 0 Å². The lowest BCUT2D eigenvalue weighted by Gasteiger charge is -2.24. The fourth-order valence-electron chi connectivity index (χ4n) is 4.19. The molecule has 3 aromatic rings. The molecule has 10 heteroatoms. The summed E-state index contributed by atoms with van der Waals surface area (Å²) in [5, 5.41) is 4.99. The number of halogens is 2. The minimum Gasteiger partial charge on any atom is -0.495 e. The van der Waals surface area contributed by atoms with Gasteiger partial charge >= 0.3 is 6.09 Å². The van der Waals surface area contributed by atoms with E-state index in [2.05, 4.69) is 22.2 Å². The monoisotopic (exact) mass is 532 g/mol. The lowest BCUT2D eigenvalue weighted by molar-refractivity contribution is 0.0288. The van der Waals surface area contributed by atoms with Crippen molar-refractivity contribution in [3.63, 3.8) is 0 Å². The van der Waals surface area contributed by atoms with E-state index in [9.17, 15) is 4.79 Å². The van der Waals surface area contributed by atoms with Crippen LogP contribution in [-0.2, 0) is 4.74 Å². The van der Waals surface area contributed by atoms with E-state index in [0.29, 0.717) is 46.1 Å². The van der Waals surface area contributed by atoms with Gasteiger partial charge in [-0.2, -0.15) is 0 Å². The molecule has 1 aliphatic heterocycles. The smallest absolute Gasteiger partial charge is 0.410 e. The average Bonchev–Trinajstić information content (AvgIpc) is 3.18. The summed E-state index contributed by atoms with van der Waals surface area (Å²) in [5.41, 5.74) is 1.63. The number of nitrogens with zero attached hydrogens (tertiary/aromatic N) is 3. The summed E-state index contributed by atoms with van der Waals surface area (Å²) < 4.78 is 16.3. The second-order valence-electron chi connectivity index (χ2n) is 9.86. The predicted octanol–water partition coefficient (Wildman–Crippen LogP) is 6.29. The maximum Gasteiger partial charge on any atom is 0.410 e. The van der Waals surface area contributed by atoms with Crippen LogP contribution < -0.4 is 14.8 Å². The number of likely N-dealkylation sites (tertiary alicyclic amines) is 1. The van der Waals surface area contributed by atoms with Gasteiger partial charge in [-0.3, -0.25) is 0 Å². The van der Waals surface area contributed by atoms with Crippen molar-refractivity contribution in [3.8, 4) is 22.6 Å². The van der Waals surface area contributed by atoms with Gasteiger partial charge in [0.2, 0.25) is 5.95 Å². The quantitative estimate of drug-likeness (QED) is 0.413. The minimum absolute atomic E-state index is 0.0103. The summed E-state index contributed by atoms with van der Waals surface area (Å²) >= 11 is 13.2. The number of ether oxygens (including phenoxy) is 3. The van der Waals surface area contributed by atoms with Gasteiger partial charge in [0.1, 0.15) is 17.1 Å². The maximum atomic E-state index is 12.5. The van der Waals surface area contributed by atoms with Gasteiger partial charge < -0.3 is 24.4 Å². The van der Waals surface area contributed by atoms with Crippen molar-refractivity contribution in [2.75, 3.05) is 32.6 Å². The van der Waals surface area contributed by atoms with Crippen LogP contribution in [0.15, 0.2) is 30.5 Å². The summed E-state index contributed by atoms with van der Waals surface area (Å²) in [4.78, 5) is 23.4. The molecule has 0 radical (unpaired) electrons. The summed E-state index contributed by atoms with van der Waals surface area (Å²) in [6, 6.07) is 7.38. The molecule has 1 fully saturated rings. The molecule has 8 nitrogen and oxygen atoms in total. The Balaban J connectivity index is 1.56. The fourth-order valence-corrected chi connectivity index (χ4v) is 4.91. The van der Waals surface area contributed by atoms with Crippen LogP contribution >= 0.6 is 23.2 Å². The van der Waals surface area contributed by atoms with E-state index in [-0.39, 0.29) is 18.1 Å². The second kappa shape index (κ2) is 10.2. The molecular weight excluding hydrogens is 503 g/mol. The molecule has 192 valence electrons. The second-order valence-corrected chi connectivity index (χ2v) is 10.6. The first-order valence-electron chi connectivity index (χ1n) is 11.6. The Morgan fingerprint density at radius 2 is 1.75 bits per heavy atom. The first-order valence-corrected chi connectivity index (χ1v) is 12.4. The third-order valence-corrected chi connectivity index (χ3v) is 6.77. The highest BCUT2D eigenvalue weighted by Crippen LogP contribution is 2.46. The Labute approximate surface area is 220 Å². The molecule has 36 heavy (non-hydrogen) atoms. The Morgan fingerprint density at radius 1 is 1.08 bits per heavy atom.